The normalized spacial score (nSPS) is 9.96. The lowest BCUT2D eigenvalue weighted by molar-refractivity contribution is -0.384. The van der Waals surface area contributed by atoms with E-state index in [1.54, 1.807) is 0 Å². The molecule has 1 amide bonds. The second-order valence-corrected chi connectivity index (χ2v) is 4.62. The third-order valence-corrected chi connectivity index (χ3v) is 3.01. The Morgan fingerprint density at radius 3 is 2.62 bits per heavy atom. The van der Waals surface area contributed by atoms with Crippen molar-refractivity contribution in [3.8, 4) is 5.75 Å². The second-order valence-electron chi connectivity index (χ2n) is 4.21. The molecular weight excluding hydrogens is 338 g/mol. The van der Waals surface area contributed by atoms with Crippen molar-refractivity contribution in [3.05, 3.63) is 68.7 Å². The molecule has 9 heteroatoms. The van der Waals surface area contributed by atoms with E-state index in [9.17, 15) is 20.0 Å². The fourth-order valence-corrected chi connectivity index (χ4v) is 1.78. The number of halogens is 1. The first kappa shape index (κ1) is 19.1. The number of phenols is 1. The molecule has 126 valence electrons. The third kappa shape index (κ3) is 5.34. The number of aliphatic hydroxyl groups excluding tert-OH is 1. The minimum Gasteiger partial charge on any atom is -0.508 e. The smallest absolute Gasteiger partial charge is 0.271 e. The number of carbonyl (C=O) groups excluding carboxylic acids is 1. The Hall–Kier alpha value is -2.97. The van der Waals surface area contributed by atoms with Gasteiger partial charge < -0.3 is 10.2 Å². The number of hydrogen-bond donors (Lipinski definition) is 3. The van der Waals surface area contributed by atoms with E-state index in [-0.39, 0.29) is 22.0 Å². The lowest BCUT2D eigenvalue weighted by Gasteiger charge is -2.01. The molecule has 0 aliphatic carbocycles. The summed E-state index contributed by atoms with van der Waals surface area (Å²) in [5.74, 6) is -0.577. The van der Waals surface area contributed by atoms with E-state index >= 15 is 0 Å². The maximum Gasteiger partial charge on any atom is 0.271 e. The zero-order chi connectivity index (χ0) is 18.1. The molecule has 0 aromatic heterocycles. The summed E-state index contributed by atoms with van der Waals surface area (Å²) >= 11 is 5.89. The summed E-state index contributed by atoms with van der Waals surface area (Å²) < 4.78 is 0. The first-order valence-corrected chi connectivity index (χ1v) is 6.86. The number of rotatable bonds is 4. The lowest BCUT2D eigenvalue weighted by Crippen LogP contribution is -2.17. The molecule has 2 aromatic rings. The number of nitrogens with one attached hydrogen (secondary N) is 1. The molecule has 2 aromatic carbocycles. The molecule has 24 heavy (non-hydrogen) atoms. The van der Waals surface area contributed by atoms with E-state index in [0.717, 1.165) is 7.11 Å². The minimum absolute atomic E-state index is 0.0432. The fraction of sp³-hybridized carbons (Fsp3) is 0.0667. The monoisotopic (exact) mass is 351 g/mol. The summed E-state index contributed by atoms with van der Waals surface area (Å²) in [6.45, 7) is 0. The van der Waals surface area contributed by atoms with Crippen molar-refractivity contribution in [2.75, 3.05) is 7.11 Å². The molecule has 0 bridgehead atoms. The number of carbonyl (C=O) groups is 1. The van der Waals surface area contributed by atoms with Crippen LogP contribution in [0.25, 0.3) is 0 Å². The number of phenolic OH excluding ortho intramolecular Hbond substituents is 1. The summed E-state index contributed by atoms with van der Waals surface area (Å²) in [5, 5.41) is 30.9. The Kier molecular flexibility index (Phi) is 7.34. The summed E-state index contributed by atoms with van der Waals surface area (Å²) in [4.78, 5) is 21.9. The third-order valence-electron chi connectivity index (χ3n) is 2.67. The molecule has 0 unspecified atom stereocenters. The van der Waals surface area contributed by atoms with Crippen LogP contribution in [0.15, 0.2) is 47.6 Å². The summed E-state index contributed by atoms with van der Waals surface area (Å²) in [5.41, 5.74) is 2.63. The van der Waals surface area contributed by atoms with Crippen LogP contribution in [0.1, 0.15) is 15.9 Å². The van der Waals surface area contributed by atoms with Crippen molar-refractivity contribution >= 4 is 29.4 Å². The second kappa shape index (κ2) is 9.23. The first-order chi connectivity index (χ1) is 11.5. The van der Waals surface area contributed by atoms with Crippen LogP contribution in [0.5, 0.6) is 5.75 Å². The van der Waals surface area contributed by atoms with Gasteiger partial charge in [-0.3, -0.25) is 14.9 Å². The molecule has 2 rings (SSSR count). The van der Waals surface area contributed by atoms with Gasteiger partial charge in [0.25, 0.3) is 11.6 Å². The van der Waals surface area contributed by atoms with Gasteiger partial charge in [-0.05, 0) is 24.3 Å². The Morgan fingerprint density at radius 1 is 1.29 bits per heavy atom. The van der Waals surface area contributed by atoms with Gasteiger partial charge in [0.15, 0.2) is 0 Å². The summed E-state index contributed by atoms with van der Waals surface area (Å²) in [6.07, 6.45) is 1.20. The number of nitro benzene ring substituents is 1. The largest absolute Gasteiger partial charge is 0.508 e. The molecule has 0 fully saturated rings. The highest BCUT2D eigenvalue weighted by Gasteiger charge is 2.09. The van der Waals surface area contributed by atoms with Crippen LogP contribution < -0.4 is 5.43 Å². The van der Waals surface area contributed by atoms with Gasteiger partial charge in [0.1, 0.15) is 5.75 Å². The number of benzene rings is 2. The summed E-state index contributed by atoms with van der Waals surface area (Å²) in [7, 11) is 1.00. The molecule has 3 N–H and O–H groups in total. The molecule has 0 aliphatic heterocycles. The fourth-order valence-electron chi connectivity index (χ4n) is 1.62. The average Bonchev–Trinajstić information content (AvgIpc) is 2.58. The van der Waals surface area contributed by atoms with Gasteiger partial charge in [0, 0.05) is 35.4 Å². The topological polar surface area (TPSA) is 125 Å². The zero-order valence-corrected chi connectivity index (χ0v) is 13.3. The van der Waals surface area contributed by atoms with Crippen molar-refractivity contribution in [2.24, 2.45) is 5.10 Å². The van der Waals surface area contributed by atoms with E-state index in [4.69, 9.17) is 16.7 Å². The standard InChI is InChI=1S/C14H10ClN3O4.CH4O/c15-13-5-4-11(18(21)22)6-10(13)8-16-17-14(20)9-2-1-3-12(19)7-9;1-2/h1-8,19H,(H,17,20);2H,1H3/b16-8+;. The van der Waals surface area contributed by atoms with Crippen LogP contribution in [0, 0.1) is 10.1 Å². The number of hydrazone groups is 1. The Bertz CT molecular complexity index is 765. The van der Waals surface area contributed by atoms with Crippen molar-refractivity contribution in [2.45, 2.75) is 0 Å². The van der Waals surface area contributed by atoms with Crippen molar-refractivity contribution in [3.63, 3.8) is 0 Å². The molecule has 0 saturated heterocycles. The Morgan fingerprint density at radius 2 is 2.00 bits per heavy atom. The zero-order valence-electron chi connectivity index (χ0n) is 12.5. The van der Waals surface area contributed by atoms with Gasteiger partial charge in [0.2, 0.25) is 0 Å². The highest BCUT2D eigenvalue weighted by Crippen LogP contribution is 2.20. The van der Waals surface area contributed by atoms with Gasteiger partial charge in [-0.2, -0.15) is 5.10 Å². The van der Waals surface area contributed by atoms with Gasteiger partial charge in [-0.1, -0.05) is 17.7 Å². The minimum atomic E-state index is -0.557. The van der Waals surface area contributed by atoms with Crippen molar-refractivity contribution < 1.29 is 19.9 Å². The van der Waals surface area contributed by atoms with E-state index in [0.29, 0.717) is 5.56 Å². The number of amides is 1. The maximum atomic E-state index is 11.8. The van der Waals surface area contributed by atoms with Gasteiger partial charge >= 0.3 is 0 Å². The molecule has 0 spiro atoms. The van der Waals surface area contributed by atoms with E-state index in [2.05, 4.69) is 10.5 Å². The SMILES string of the molecule is CO.O=C(N/N=C/c1cc([N+](=O)[O-])ccc1Cl)c1cccc(O)c1. The Labute approximate surface area is 142 Å². The van der Waals surface area contributed by atoms with Crippen LogP contribution >= 0.6 is 11.6 Å². The van der Waals surface area contributed by atoms with Crippen LogP contribution in [0.2, 0.25) is 5.02 Å². The first-order valence-electron chi connectivity index (χ1n) is 6.48. The summed E-state index contributed by atoms with van der Waals surface area (Å²) in [6, 6.07) is 9.62. The molecule has 0 heterocycles. The van der Waals surface area contributed by atoms with Gasteiger partial charge in [-0.15, -0.1) is 0 Å². The number of nitrogens with zero attached hydrogens (tertiary/aromatic N) is 2. The Balaban J connectivity index is 0.00000139. The van der Waals surface area contributed by atoms with Crippen LogP contribution in [-0.2, 0) is 0 Å². The molecule has 0 radical (unpaired) electrons. The molecule has 8 nitrogen and oxygen atoms in total. The highest BCUT2D eigenvalue weighted by molar-refractivity contribution is 6.33. The van der Waals surface area contributed by atoms with E-state index in [1.807, 2.05) is 0 Å². The lowest BCUT2D eigenvalue weighted by atomic mass is 10.2. The quantitative estimate of drug-likeness (QED) is 0.443. The predicted octanol–water partition coefficient (Wildman–Crippen LogP) is 2.33. The van der Waals surface area contributed by atoms with Crippen LogP contribution in [-0.4, -0.2) is 34.4 Å². The molecule has 0 aliphatic rings. The predicted molar refractivity (Wildman–Crippen MR) is 89.4 cm³/mol. The van der Waals surface area contributed by atoms with E-state index in [1.165, 1.54) is 48.7 Å². The van der Waals surface area contributed by atoms with Crippen molar-refractivity contribution in [1.29, 1.82) is 0 Å². The molecular formula is C15H14ClN3O5. The number of non-ortho nitro benzene ring substituents is 1. The van der Waals surface area contributed by atoms with Crippen LogP contribution in [0.3, 0.4) is 0 Å². The van der Waals surface area contributed by atoms with Crippen molar-refractivity contribution in [1.82, 2.24) is 5.43 Å². The maximum absolute atomic E-state index is 11.8. The molecule has 0 saturated carbocycles. The number of nitro groups is 1. The number of aromatic hydroxyl groups is 1. The van der Waals surface area contributed by atoms with E-state index < -0.39 is 10.8 Å². The van der Waals surface area contributed by atoms with Gasteiger partial charge in [0.05, 0.1) is 11.1 Å². The number of aliphatic hydroxyl groups is 1. The molecule has 0 atom stereocenters. The highest BCUT2D eigenvalue weighted by atomic mass is 35.5. The van der Waals surface area contributed by atoms with Gasteiger partial charge in [-0.25, -0.2) is 5.43 Å². The number of hydrogen-bond acceptors (Lipinski definition) is 6. The van der Waals surface area contributed by atoms with Crippen LogP contribution in [0.4, 0.5) is 5.69 Å². The average molecular weight is 352 g/mol.